The Morgan fingerprint density at radius 3 is 2.80 bits per heavy atom. The summed E-state index contributed by atoms with van der Waals surface area (Å²) < 4.78 is 0. The Balaban J connectivity index is 1.73. The van der Waals surface area contributed by atoms with Crippen LogP contribution in [0, 0.1) is 0 Å². The lowest BCUT2D eigenvalue weighted by Gasteiger charge is -2.22. The molecule has 1 heterocycles. The Bertz CT molecular complexity index is 571. The Labute approximate surface area is 118 Å². The second-order valence-corrected chi connectivity index (χ2v) is 5.38. The molecule has 1 aromatic heterocycles. The summed E-state index contributed by atoms with van der Waals surface area (Å²) in [5.74, 6) is 0.0299. The lowest BCUT2D eigenvalue weighted by molar-refractivity contribution is 0.0928. The van der Waals surface area contributed by atoms with Crippen LogP contribution in [0.2, 0.25) is 0 Å². The molecule has 4 nitrogen and oxygen atoms in total. The summed E-state index contributed by atoms with van der Waals surface area (Å²) in [7, 11) is 0. The van der Waals surface area contributed by atoms with Gasteiger partial charge in [0.05, 0.1) is 6.20 Å². The third-order valence-electron chi connectivity index (χ3n) is 3.90. The summed E-state index contributed by atoms with van der Waals surface area (Å²) in [6.45, 7) is 0. The van der Waals surface area contributed by atoms with Gasteiger partial charge in [-0.1, -0.05) is 31.4 Å². The van der Waals surface area contributed by atoms with E-state index in [0.717, 1.165) is 24.0 Å². The Morgan fingerprint density at radius 2 is 2.05 bits per heavy atom. The average Bonchev–Trinajstić information content (AvgIpc) is 3.03. The summed E-state index contributed by atoms with van der Waals surface area (Å²) in [6.07, 6.45) is 9.54. The molecule has 20 heavy (non-hydrogen) atoms. The highest BCUT2D eigenvalue weighted by molar-refractivity contribution is 5.95. The van der Waals surface area contributed by atoms with Crippen LogP contribution in [0.3, 0.4) is 0 Å². The fourth-order valence-corrected chi connectivity index (χ4v) is 2.76. The highest BCUT2D eigenvalue weighted by atomic mass is 16.1. The van der Waals surface area contributed by atoms with Crippen LogP contribution < -0.4 is 5.32 Å². The average molecular weight is 269 g/mol. The number of aromatic nitrogens is 2. The number of nitrogens with zero attached hydrogens (tertiary/aromatic N) is 1. The number of aromatic amines is 1. The Kier molecular flexibility index (Phi) is 3.81. The standard InChI is InChI=1S/C16H19N3O/c20-16(19-15-7-2-1-3-8-15)13-6-4-5-12(9-13)14-10-17-18-11-14/h4-6,9-11,15H,1-3,7-8H2,(H,17,18)(H,19,20). The third-order valence-corrected chi connectivity index (χ3v) is 3.90. The molecule has 1 amide bonds. The number of benzene rings is 1. The highest BCUT2D eigenvalue weighted by Crippen LogP contribution is 2.20. The number of rotatable bonds is 3. The number of hydrogen-bond donors (Lipinski definition) is 2. The topological polar surface area (TPSA) is 57.8 Å². The van der Waals surface area contributed by atoms with Gasteiger partial charge in [-0.2, -0.15) is 5.10 Å². The largest absolute Gasteiger partial charge is 0.349 e. The van der Waals surface area contributed by atoms with E-state index in [1.54, 1.807) is 6.20 Å². The third kappa shape index (κ3) is 2.90. The van der Waals surface area contributed by atoms with E-state index in [1.165, 1.54) is 19.3 Å². The predicted octanol–water partition coefficient (Wildman–Crippen LogP) is 3.14. The van der Waals surface area contributed by atoms with Gasteiger partial charge in [-0.05, 0) is 30.5 Å². The SMILES string of the molecule is O=C(NC1CCCCC1)c1cccc(-c2cn[nH]c2)c1. The minimum atomic E-state index is 0.0299. The maximum atomic E-state index is 12.3. The molecule has 1 aromatic carbocycles. The van der Waals surface area contributed by atoms with Crippen molar-refractivity contribution in [2.75, 3.05) is 0 Å². The van der Waals surface area contributed by atoms with Crippen molar-refractivity contribution in [1.82, 2.24) is 15.5 Å². The number of nitrogens with one attached hydrogen (secondary N) is 2. The van der Waals surface area contributed by atoms with Crippen molar-refractivity contribution in [2.24, 2.45) is 0 Å². The van der Waals surface area contributed by atoms with E-state index in [0.29, 0.717) is 11.6 Å². The van der Waals surface area contributed by atoms with Gasteiger partial charge in [0.25, 0.3) is 5.91 Å². The normalized spacial score (nSPS) is 16.0. The number of hydrogen-bond acceptors (Lipinski definition) is 2. The van der Waals surface area contributed by atoms with Gasteiger partial charge < -0.3 is 5.32 Å². The lowest BCUT2D eigenvalue weighted by Crippen LogP contribution is -2.36. The fraction of sp³-hybridized carbons (Fsp3) is 0.375. The van der Waals surface area contributed by atoms with Crippen molar-refractivity contribution in [3.8, 4) is 11.1 Å². The maximum absolute atomic E-state index is 12.3. The Hall–Kier alpha value is -2.10. The van der Waals surface area contributed by atoms with E-state index < -0.39 is 0 Å². The van der Waals surface area contributed by atoms with Gasteiger partial charge >= 0.3 is 0 Å². The van der Waals surface area contributed by atoms with Crippen LogP contribution in [0.4, 0.5) is 0 Å². The monoisotopic (exact) mass is 269 g/mol. The molecule has 1 saturated carbocycles. The zero-order chi connectivity index (χ0) is 13.8. The Morgan fingerprint density at radius 1 is 1.20 bits per heavy atom. The van der Waals surface area contributed by atoms with Crippen molar-refractivity contribution in [3.05, 3.63) is 42.2 Å². The molecule has 0 spiro atoms. The number of carbonyl (C=O) groups is 1. The van der Waals surface area contributed by atoms with Crippen LogP contribution in [0.1, 0.15) is 42.5 Å². The molecule has 2 N–H and O–H groups in total. The molecule has 0 atom stereocenters. The van der Waals surface area contributed by atoms with Crippen molar-refractivity contribution in [3.63, 3.8) is 0 Å². The van der Waals surface area contributed by atoms with Crippen molar-refractivity contribution >= 4 is 5.91 Å². The summed E-state index contributed by atoms with van der Waals surface area (Å²) in [6, 6.07) is 8.03. The molecule has 0 bridgehead atoms. The zero-order valence-electron chi connectivity index (χ0n) is 11.4. The second kappa shape index (κ2) is 5.90. The lowest BCUT2D eigenvalue weighted by atomic mass is 9.95. The van der Waals surface area contributed by atoms with Gasteiger partial charge in [0, 0.05) is 23.4 Å². The van der Waals surface area contributed by atoms with Gasteiger partial charge in [0.1, 0.15) is 0 Å². The van der Waals surface area contributed by atoms with Crippen LogP contribution >= 0.6 is 0 Å². The molecule has 1 aliphatic carbocycles. The van der Waals surface area contributed by atoms with Crippen LogP contribution in [-0.4, -0.2) is 22.1 Å². The van der Waals surface area contributed by atoms with Gasteiger partial charge in [0.2, 0.25) is 0 Å². The minimum absolute atomic E-state index is 0.0299. The maximum Gasteiger partial charge on any atom is 0.251 e. The van der Waals surface area contributed by atoms with Crippen molar-refractivity contribution < 1.29 is 4.79 Å². The highest BCUT2D eigenvalue weighted by Gasteiger charge is 2.16. The van der Waals surface area contributed by atoms with Gasteiger partial charge in [-0.15, -0.1) is 0 Å². The van der Waals surface area contributed by atoms with Crippen LogP contribution in [0.25, 0.3) is 11.1 Å². The van der Waals surface area contributed by atoms with Crippen LogP contribution in [0.5, 0.6) is 0 Å². The molecule has 0 saturated heterocycles. The molecular weight excluding hydrogens is 250 g/mol. The summed E-state index contributed by atoms with van der Waals surface area (Å²) in [4.78, 5) is 12.3. The van der Waals surface area contributed by atoms with Gasteiger partial charge in [-0.3, -0.25) is 9.89 Å². The predicted molar refractivity (Wildman–Crippen MR) is 78.4 cm³/mol. The second-order valence-electron chi connectivity index (χ2n) is 5.38. The van der Waals surface area contributed by atoms with E-state index in [1.807, 2.05) is 30.5 Å². The minimum Gasteiger partial charge on any atom is -0.349 e. The molecular formula is C16H19N3O. The van der Waals surface area contributed by atoms with Crippen molar-refractivity contribution in [2.45, 2.75) is 38.1 Å². The molecule has 0 unspecified atom stereocenters. The van der Waals surface area contributed by atoms with E-state index in [9.17, 15) is 4.79 Å². The van der Waals surface area contributed by atoms with Crippen LogP contribution in [0.15, 0.2) is 36.7 Å². The first-order valence-corrected chi connectivity index (χ1v) is 7.23. The van der Waals surface area contributed by atoms with E-state index in [2.05, 4.69) is 15.5 Å². The molecule has 2 aromatic rings. The molecule has 0 radical (unpaired) electrons. The van der Waals surface area contributed by atoms with Crippen molar-refractivity contribution in [1.29, 1.82) is 0 Å². The molecule has 0 aliphatic heterocycles. The quantitative estimate of drug-likeness (QED) is 0.899. The fourth-order valence-electron chi connectivity index (χ4n) is 2.76. The molecule has 3 rings (SSSR count). The van der Waals surface area contributed by atoms with Crippen LogP contribution in [-0.2, 0) is 0 Å². The van der Waals surface area contributed by atoms with Gasteiger partial charge in [-0.25, -0.2) is 0 Å². The first-order chi connectivity index (χ1) is 9.83. The smallest absolute Gasteiger partial charge is 0.251 e. The van der Waals surface area contributed by atoms with E-state index in [4.69, 9.17) is 0 Å². The molecule has 4 heteroatoms. The van der Waals surface area contributed by atoms with E-state index in [-0.39, 0.29) is 5.91 Å². The first-order valence-electron chi connectivity index (χ1n) is 7.23. The summed E-state index contributed by atoms with van der Waals surface area (Å²) in [5.41, 5.74) is 2.72. The summed E-state index contributed by atoms with van der Waals surface area (Å²) in [5, 5.41) is 9.88. The number of H-pyrrole nitrogens is 1. The first kappa shape index (κ1) is 12.9. The summed E-state index contributed by atoms with van der Waals surface area (Å²) >= 11 is 0. The molecule has 104 valence electrons. The molecule has 1 fully saturated rings. The zero-order valence-corrected chi connectivity index (χ0v) is 11.4. The number of carbonyl (C=O) groups excluding carboxylic acids is 1. The number of amides is 1. The molecule has 1 aliphatic rings. The van der Waals surface area contributed by atoms with Gasteiger partial charge in [0.15, 0.2) is 0 Å². The van der Waals surface area contributed by atoms with E-state index >= 15 is 0 Å².